The van der Waals surface area contributed by atoms with Gasteiger partial charge in [0.05, 0.1) is 23.4 Å². The molecule has 0 aromatic heterocycles. The zero-order chi connectivity index (χ0) is 15.9. The first kappa shape index (κ1) is 17.2. The highest BCUT2D eigenvalue weighted by molar-refractivity contribution is 7.99. The van der Waals surface area contributed by atoms with Gasteiger partial charge in [0.2, 0.25) is 0 Å². The first-order chi connectivity index (χ1) is 10.6. The summed E-state index contributed by atoms with van der Waals surface area (Å²) in [5.74, 6) is 2.24. The Morgan fingerprint density at radius 2 is 2.18 bits per heavy atom. The van der Waals surface area contributed by atoms with Gasteiger partial charge in [0, 0.05) is 37.4 Å². The fourth-order valence-electron chi connectivity index (χ4n) is 2.33. The molecule has 1 saturated heterocycles. The van der Waals surface area contributed by atoms with Crippen molar-refractivity contribution in [3.8, 4) is 0 Å². The van der Waals surface area contributed by atoms with Crippen LogP contribution in [0.4, 0.5) is 16.2 Å². The third-order valence-electron chi connectivity index (χ3n) is 3.35. The lowest BCUT2D eigenvalue weighted by Crippen LogP contribution is -2.38. The normalized spacial score (nSPS) is 16.2. The number of halogens is 1. The first-order valence-electron chi connectivity index (χ1n) is 7.29. The summed E-state index contributed by atoms with van der Waals surface area (Å²) in [6.07, 6.45) is 0. The second-order valence-corrected chi connectivity index (χ2v) is 6.85. The number of hydrogen-bond acceptors (Lipinski definition) is 4. The van der Waals surface area contributed by atoms with Gasteiger partial charge in [-0.1, -0.05) is 11.6 Å². The van der Waals surface area contributed by atoms with Crippen LogP contribution in [0.15, 0.2) is 18.2 Å². The fraction of sp³-hybridized carbons (Fsp3) is 0.533. The Bertz CT molecular complexity index is 510. The smallest absolute Gasteiger partial charge is 0.319 e. The van der Waals surface area contributed by atoms with Gasteiger partial charge in [-0.3, -0.25) is 0 Å². The number of carbonyl (C=O) groups excluding carboxylic acids is 1. The number of thioether (sulfide) groups is 1. The Labute approximate surface area is 140 Å². The number of anilines is 2. The van der Waals surface area contributed by atoms with Crippen LogP contribution in [0.2, 0.25) is 5.02 Å². The Hall–Kier alpha value is -1.11. The topological polar surface area (TPSA) is 53.6 Å². The standard InChI is InChI=1S/C15H22ClN3O2S/c1-11(10-21-2)17-15(20)18-12-3-4-14(13(16)9-12)19-5-7-22-8-6-19/h3-4,9,11H,5-8,10H2,1-2H3,(H2,17,18,20). The number of methoxy groups -OCH3 is 1. The van der Waals surface area contributed by atoms with E-state index in [-0.39, 0.29) is 12.1 Å². The lowest BCUT2D eigenvalue weighted by Gasteiger charge is -2.29. The van der Waals surface area contributed by atoms with Crippen LogP contribution < -0.4 is 15.5 Å². The summed E-state index contributed by atoms with van der Waals surface area (Å²) < 4.78 is 4.99. The molecule has 2 N–H and O–H groups in total. The summed E-state index contributed by atoms with van der Waals surface area (Å²) in [5.41, 5.74) is 1.71. The lowest BCUT2D eigenvalue weighted by atomic mass is 10.2. The van der Waals surface area contributed by atoms with Crippen molar-refractivity contribution in [1.82, 2.24) is 5.32 Å². The number of nitrogens with one attached hydrogen (secondary N) is 2. The Morgan fingerprint density at radius 1 is 1.45 bits per heavy atom. The van der Waals surface area contributed by atoms with Crippen molar-refractivity contribution in [2.24, 2.45) is 0 Å². The molecule has 22 heavy (non-hydrogen) atoms. The molecule has 0 radical (unpaired) electrons. The van der Waals surface area contributed by atoms with Gasteiger partial charge in [0.15, 0.2) is 0 Å². The van der Waals surface area contributed by atoms with E-state index >= 15 is 0 Å². The fourth-order valence-corrected chi connectivity index (χ4v) is 3.53. The van der Waals surface area contributed by atoms with Crippen LogP contribution in [0.1, 0.15) is 6.92 Å². The number of carbonyl (C=O) groups is 1. The van der Waals surface area contributed by atoms with Crippen LogP contribution in [0.25, 0.3) is 0 Å². The van der Waals surface area contributed by atoms with Crippen molar-refractivity contribution >= 4 is 40.8 Å². The van der Waals surface area contributed by atoms with Gasteiger partial charge in [-0.15, -0.1) is 0 Å². The maximum Gasteiger partial charge on any atom is 0.319 e. The molecule has 122 valence electrons. The second kappa shape index (κ2) is 8.50. The number of nitrogens with zero attached hydrogens (tertiary/aromatic N) is 1. The molecule has 1 heterocycles. The Balaban J connectivity index is 1.95. The van der Waals surface area contributed by atoms with Crippen molar-refractivity contribution in [2.45, 2.75) is 13.0 Å². The minimum atomic E-state index is -0.261. The molecule has 1 aromatic rings. The monoisotopic (exact) mass is 343 g/mol. The van der Waals surface area contributed by atoms with E-state index in [0.717, 1.165) is 30.3 Å². The molecule has 0 aliphatic carbocycles. The minimum absolute atomic E-state index is 0.0504. The van der Waals surface area contributed by atoms with Crippen LogP contribution in [-0.4, -0.2) is 50.4 Å². The highest BCUT2D eigenvalue weighted by atomic mass is 35.5. The van der Waals surface area contributed by atoms with Crippen molar-refractivity contribution in [3.05, 3.63) is 23.2 Å². The summed E-state index contributed by atoms with van der Waals surface area (Å²) >= 11 is 8.32. The average molecular weight is 344 g/mol. The predicted molar refractivity (Wildman–Crippen MR) is 94.5 cm³/mol. The number of rotatable bonds is 5. The molecule has 5 nitrogen and oxygen atoms in total. The van der Waals surface area contributed by atoms with E-state index in [0.29, 0.717) is 17.3 Å². The highest BCUT2D eigenvalue weighted by Crippen LogP contribution is 2.30. The number of ether oxygens (including phenoxy) is 1. The zero-order valence-electron chi connectivity index (χ0n) is 12.9. The van der Waals surface area contributed by atoms with Gasteiger partial charge in [-0.2, -0.15) is 11.8 Å². The van der Waals surface area contributed by atoms with Gasteiger partial charge in [0.25, 0.3) is 0 Å². The molecular weight excluding hydrogens is 322 g/mol. The van der Waals surface area contributed by atoms with E-state index in [1.807, 2.05) is 30.8 Å². The van der Waals surface area contributed by atoms with Gasteiger partial charge in [-0.25, -0.2) is 4.79 Å². The maximum absolute atomic E-state index is 11.9. The van der Waals surface area contributed by atoms with Crippen LogP contribution in [0.3, 0.4) is 0 Å². The largest absolute Gasteiger partial charge is 0.383 e. The molecule has 1 fully saturated rings. The van der Waals surface area contributed by atoms with E-state index in [9.17, 15) is 4.79 Å². The van der Waals surface area contributed by atoms with E-state index in [4.69, 9.17) is 16.3 Å². The SMILES string of the molecule is COCC(C)NC(=O)Nc1ccc(N2CCSCC2)c(Cl)c1. The van der Waals surface area contributed by atoms with E-state index in [2.05, 4.69) is 15.5 Å². The third-order valence-corrected chi connectivity index (χ3v) is 4.60. The van der Waals surface area contributed by atoms with Crippen LogP contribution in [0, 0.1) is 0 Å². The van der Waals surface area contributed by atoms with E-state index in [1.54, 1.807) is 13.2 Å². The molecule has 0 spiro atoms. The summed E-state index contributed by atoms with van der Waals surface area (Å²) in [4.78, 5) is 14.1. The van der Waals surface area contributed by atoms with Crippen molar-refractivity contribution in [3.63, 3.8) is 0 Å². The summed E-state index contributed by atoms with van der Waals surface area (Å²) in [7, 11) is 1.60. The van der Waals surface area contributed by atoms with Crippen molar-refractivity contribution in [1.29, 1.82) is 0 Å². The van der Waals surface area contributed by atoms with Crippen LogP contribution in [0.5, 0.6) is 0 Å². The molecule has 1 aliphatic rings. The van der Waals surface area contributed by atoms with Crippen LogP contribution >= 0.6 is 23.4 Å². The Kier molecular flexibility index (Phi) is 6.67. The maximum atomic E-state index is 11.9. The molecule has 0 bridgehead atoms. The van der Waals surface area contributed by atoms with Gasteiger partial charge in [-0.05, 0) is 25.1 Å². The number of hydrogen-bond donors (Lipinski definition) is 2. The summed E-state index contributed by atoms with van der Waals surface area (Å²) in [5, 5.41) is 6.25. The molecule has 0 saturated carbocycles. The molecule has 7 heteroatoms. The molecule has 1 unspecified atom stereocenters. The molecule has 1 aromatic carbocycles. The highest BCUT2D eigenvalue weighted by Gasteiger charge is 2.15. The molecule has 2 amide bonds. The second-order valence-electron chi connectivity index (χ2n) is 5.22. The molecule has 2 rings (SSSR count). The first-order valence-corrected chi connectivity index (χ1v) is 8.82. The van der Waals surface area contributed by atoms with Gasteiger partial charge in [0.1, 0.15) is 0 Å². The third kappa shape index (κ3) is 4.97. The summed E-state index contributed by atoms with van der Waals surface area (Å²) in [6, 6.07) is 5.32. The van der Waals surface area contributed by atoms with Gasteiger partial charge < -0.3 is 20.3 Å². The molecule has 1 atom stereocenters. The van der Waals surface area contributed by atoms with E-state index < -0.39 is 0 Å². The molecular formula is C15H22ClN3O2S. The molecule has 1 aliphatic heterocycles. The van der Waals surface area contributed by atoms with Crippen molar-refractivity contribution < 1.29 is 9.53 Å². The number of amides is 2. The van der Waals surface area contributed by atoms with Gasteiger partial charge >= 0.3 is 6.03 Å². The van der Waals surface area contributed by atoms with Crippen LogP contribution in [-0.2, 0) is 4.74 Å². The van der Waals surface area contributed by atoms with Crippen molar-refractivity contribution in [2.75, 3.05) is 48.5 Å². The quantitative estimate of drug-likeness (QED) is 0.862. The minimum Gasteiger partial charge on any atom is -0.383 e. The summed E-state index contributed by atoms with van der Waals surface area (Å²) in [6.45, 7) is 4.37. The zero-order valence-corrected chi connectivity index (χ0v) is 14.5. The predicted octanol–water partition coefficient (Wildman–Crippen LogP) is 3.05. The average Bonchev–Trinajstić information content (AvgIpc) is 2.48. The number of benzene rings is 1. The number of urea groups is 1. The lowest BCUT2D eigenvalue weighted by molar-refractivity contribution is 0.173. The van der Waals surface area contributed by atoms with E-state index in [1.165, 1.54) is 0 Å². The Morgan fingerprint density at radius 3 is 2.82 bits per heavy atom.